The zero-order chi connectivity index (χ0) is 17.3. The van der Waals surface area contributed by atoms with E-state index in [1.807, 2.05) is 66.7 Å². The van der Waals surface area contributed by atoms with Gasteiger partial charge in [0.25, 0.3) is 0 Å². The third-order valence-corrected chi connectivity index (χ3v) is 4.08. The fourth-order valence-electron chi connectivity index (χ4n) is 2.47. The number of nitrogens with one attached hydrogen (secondary N) is 2. The second-order valence-electron chi connectivity index (χ2n) is 5.60. The predicted molar refractivity (Wildman–Crippen MR) is 106 cm³/mol. The largest absolute Gasteiger partial charge is 0.487 e. The van der Waals surface area contributed by atoms with E-state index in [2.05, 4.69) is 22.8 Å². The normalized spacial score (nSPS) is 10.3. The van der Waals surface area contributed by atoms with Crippen molar-refractivity contribution in [1.82, 2.24) is 0 Å². The first-order valence-corrected chi connectivity index (χ1v) is 8.69. The predicted octanol–water partition coefficient (Wildman–Crippen LogP) is 5.44. The molecule has 0 aliphatic heterocycles. The third kappa shape index (κ3) is 5.16. The van der Waals surface area contributed by atoms with Gasteiger partial charge in [0.1, 0.15) is 12.4 Å². The van der Waals surface area contributed by atoms with E-state index in [1.54, 1.807) is 0 Å². The number of halogens is 1. The molecule has 3 aromatic rings. The Bertz CT molecular complexity index is 793. The smallest absolute Gasteiger partial charge is 0.142 e. The van der Waals surface area contributed by atoms with Crippen LogP contribution in [0.25, 0.3) is 0 Å². The van der Waals surface area contributed by atoms with Crippen LogP contribution in [0.1, 0.15) is 5.56 Å². The molecule has 128 valence electrons. The van der Waals surface area contributed by atoms with Crippen LogP contribution in [0.5, 0.6) is 5.75 Å². The van der Waals surface area contributed by atoms with E-state index in [4.69, 9.17) is 16.3 Å². The van der Waals surface area contributed by atoms with Crippen molar-refractivity contribution in [2.24, 2.45) is 0 Å². The van der Waals surface area contributed by atoms with Gasteiger partial charge in [-0.05, 0) is 29.8 Å². The highest BCUT2D eigenvalue weighted by atomic mass is 35.5. The Morgan fingerprint density at radius 2 is 1.28 bits per heavy atom. The molecule has 2 N–H and O–H groups in total. The van der Waals surface area contributed by atoms with Crippen molar-refractivity contribution in [3.8, 4) is 5.75 Å². The van der Waals surface area contributed by atoms with Crippen LogP contribution < -0.4 is 15.4 Å². The topological polar surface area (TPSA) is 33.3 Å². The molecular weight excluding hydrogens is 332 g/mol. The second kappa shape index (κ2) is 9.00. The van der Waals surface area contributed by atoms with E-state index in [-0.39, 0.29) is 0 Å². The Kier molecular flexibility index (Phi) is 6.18. The van der Waals surface area contributed by atoms with E-state index in [1.165, 1.54) is 0 Å². The maximum absolute atomic E-state index is 6.14. The van der Waals surface area contributed by atoms with Crippen molar-refractivity contribution < 1.29 is 4.74 Å². The van der Waals surface area contributed by atoms with Crippen LogP contribution in [-0.4, -0.2) is 13.1 Å². The molecule has 4 heteroatoms. The lowest BCUT2D eigenvalue weighted by Gasteiger charge is -2.14. The molecule has 25 heavy (non-hydrogen) atoms. The quantitative estimate of drug-likeness (QED) is 0.529. The Labute approximate surface area is 153 Å². The van der Waals surface area contributed by atoms with E-state index < -0.39 is 0 Å². The summed E-state index contributed by atoms with van der Waals surface area (Å²) in [5.74, 6) is 0.851. The standard InChI is InChI=1S/C21H21ClN2O/c22-18-10-4-5-11-19(18)23-14-15-24-20-12-6-7-13-21(20)25-16-17-8-2-1-3-9-17/h1-13,23-24H,14-16H2. The molecule has 0 bridgehead atoms. The van der Waals surface area contributed by atoms with Crippen molar-refractivity contribution in [3.63, 3.8) is 0 Å². The summed E-state index contributed by atoms with van der Waals surface area (Å²) in [7, 11) is 0. The number of hydrogen-bond donors (Lipinski definition) is 2. The van der Waals surface area contributed by atoms with Crippen LogP contribution in [-0.2, 0) is 6.61 Å². The van der Waals surface area contributed by atoms with E-state index in [0.29, 0.717) is 6.61 Å². The molecular formula is C21H21ClN2O. The Hall–Kier alpha value is -2.65. The van der Waals surface area contributed by atoms with E-state index in [9.17, 15) is 0 Å². The van der Waals surface area contributed by atoms with E-state index >= 15 is 0 Å². The van der Waals surface area contributed by atoms with Gasteiger partial charge >= 0.3 is 0 Å². The number of anilines is 2. The molecule has 0 aliphatic rings. The van der Waals surface area contributed by atoms with Gasteiger partial charge in [-0.25, -0.2) is 0 Å². The molecule has 0 aliphatic carbocycles. The minimum absolute atomic E-state index is 0.553. The lowest BCUT2D eigenvalue weighted by atomic mass is 10.2. The van der Waals surface area contributed by atoms with Gasteiger partial charge in [0.05, 0.1) is 16.4 Å². The SMILES string of the molecule is Clc1ccccc1NCCNc1ccccc1OCc1ccccc1. The van der Waals surface area contributed by atoms with Gasteiger partial charge in [0.15, 0.2) is 0 Å². The third-order valence-electron chi connectivity index (χ3n) is 3.75. The van der Waals surface area contributed by atoms with Gasteiger partial charge in [-0.15, -0.1) is 0 Å². The molecule has 0 amide bonds. The zero-order valence-electron chi connectivity index (χ0n) is 13.9. The molecule has 0 saturated carbocycles. The van der Waals surface area contributed by atoms with Crippen molar-refractivity contribution in [2.45, 2.75) is 6.61 Å². The summed E-state index contributed by atoms with van der Waals surface area (Å²) in [6.07, 6.45) is 0. The first-order chi connectivity index (χ1) is 12.3. The van der Waals surface area contributed by atoms with Crippen LogP contribution in [0.15, 0.2) is 78.9 Å². The van der Waals surface area contributed by atoms with Crippen LogP contribution >= 0.6 is 11.6 Å². The lowest BCUT2D eigenvalue weighted by Crippen LogP contribution is -2.14. The van der Waals surface area contributed by atoms with E-state index in [0.717, 1.165) is 40.8 Å². The van der Waals surface area contributed by atoms with Crippen molar-refractivity contribution in [3.05, 3.63) is 89.4 Å². The highest BCUT2D eigenvalue weighted by molar-refractivity contribution is 6.33. The molecule has 0 saturated heterocycles. The van der Waals surface area contributed by atoms with Gasteiger partial charge in [-0.2, -0.15) is 0 Å². The highest BCUT2D eigenvalue weighted by Gasteiger charge is 2.03. The first kappa shape index (κ1) is 17.2. The summed E-state index contributed by atoms with van der Waals surface area (Å²) < 4.78 is 5.95. The Balaban J connectivity index is 1.51. The second-order valence-corrected chi connectivity index (χ2v) is 6.01. The Morgan fingerprint density at radius 3 is 2.04 bits per heavy atom. The minimum Gasteiger partial charge on any atom is -0.487 e. The highest BCUT2D eigenvalue weighted by Crippen LogP contribution is 2.25. The van der Waals surface area contributed by atoms with Gasteiger partial charge in [0, 0.05) is 13.1 Å². The number of benzene rings is 3. The molecule has 3 aromatic carbocycles. The molecule has 0 spiro atoms. The average molecular weight is 353 g/mol. The fraction of sp³-hybridized carbons (Fsp3) is 0.143. The van der Waals surface area contributed by atoms with Gasteiger partial charge in [-0.1, -0.05) is 66.2 Å². The molecule has 0 fully saturated rings. The fourth-order valence-corrected chi connectivity index (χ4v) is 2.68. The van der Waals surface area contributed by atoms with Gasteiger partial charge < -0.3 is 15.4 Å². The number of hydrogen-bond acceptors (Lipinski definition) is 3. The van der Waals surface area contributed by atoms with Crippen molar-refractivity contribution in [2.75, 3.05) is 23.7 Å². The maximum Gasteiger partial charge on any atom is 0.142 e. The summed E-state index contributed by atoms with van der Waals surface area (Å²) in [5.41, 5.74) is 3.08. The van der Waals surface area contributed by atoms with Crippen LogP contribution in [0.3, 0.4) is 0 Å². The molecule has 0 radical (unpaired) electrons. The van der Waals surface area contributed by atoms with Gasteiger partial charge in [0.2, 0.25) is 0 Å². The summed E-state index contributed by atoms with van der Waals surface area (Å²) in [6.45, 7) is 2.07. The van der Waals surface area contributed by atoms with Crippen LogP contribution in [0.4, 0.5) is 11.4 Å². The lowest BCUT2D eigenvalue weighted by molar-refractivity contribution is 0.307. The van der Waals surface area contributed by atoms with Crippen molar-refractivity contribution in [1.29, 1.82) is 0 Å². The molecule has 0 atom stereocenters. The number of rotatable bonds is 8. The molecule has 0 heterocycles. The maximum atomic E-state index is 6.14. The summed E-state index contributed by atoms with van der Waals surface area (Å²) in [6, 6.07) is 25.9. The molecule has 0 unspecified atom stereocenters. The number of ether oxygens (including phenoxy) is 1. The van der Waals surface area contributed by atoms with Crippen LogP contribution in [0, 0.1) is 0 Å². The van der Waals surface area contributed by atoms with Crippen molar-refractivity contribution >= 4 is 23.0 Å². The summed E-state index contributed by atoms with van der Waals surface area (Å²) >= 11 is 6.14. The molecule has 3 rings (SSSR count). The minimum atomic E-state index is 0.553. The Morgan fingerprint density at radius 1 is 0.680 bits per heavy atom. The summed E-state index contributed by atoms with van der Waals surface area (Å²) in [5, 5.41) is 7.46. The molecule has 0 aromatic heterocycles. The number of para-hydroxylation sites is 3. The first-order valence-electron chi connectivity index (χ1n) is 8.31. The average Bonchev–Trinajstić information content (AvgIpc) is 2.66. The van der Waals surface area contributed by atoms with Crippen LogP contribution in [0.2, 0.25) is 5.02 Å². The van der Waals surface area contributed by atoms with Gasteiger partial charge in [-0.3, -0.25) is 0 Å². The monoisotopic (exact) mass is 352 g/mol. The summed E-state index contributed by atoms with van der Waals surface area (Å²) in [4.78, 5) is 0. The molecule has 3 nitrogen and oxygen atoms in total. The zero-order valence-corrected chi connectivity index (χ0v) is 14.7.